The number of nitrogens with zero attached hydrogens (tertiary/aromatic N) is 1. The SMILES string of the molecule is CCCCC1NSc2cc(S(=O)(=O)NCc3ccc(CSCC(NC(C)C(=O)N4[C@@H]5CCCC[C@@H]5C[C@H]4C(=O)O)C(=O)OCC)cc3)c(Cl)cc2N1. The van der Waals surface area contributed by atoms with E-state index in [0.29, 0.717) is 17.9 Å². The van der Waals surface area contributed by atoms with Crippen LogP contribution in [0.5, 0.6) is 0 Å². The van der Waals surface area contributed by atoms with Crippen LogP contribution in [0.1, 0.15) is 83.3 Å². The van der Waals surface area contributed by atoms with Crippen molar-refractivity contribution in [2.24, 2.45) is 5.92 Å². The molecule has 3 unspecified atom stereocenters. The summed E-state index contributed by atoms with van der Waals surface area (Å²) in [4.78, 5) is 41.0. The molecule has 2 fully saturated rings. The van der Waals surface area contributed by atoms with Gasteiger partial charge in [-0.3, -0.25) is 14.9 Å². The van der Waals surface area contributed by atoms with E-state index in [1.165, 1.54) is 23.7 Å². The van der Waals surface area contributed by atoms with Crippen LogP contribution in [0.4, 0.5) is 5.69 Å². The number of halogens is 1. The second kappa shape index (κ2) is 18.7. The van der Waals surface area contributed by atoms with Gasteiger partial charge in [-0.2, -0.15) is 11.8 Å². The quantitative estimate of drug-likeness (QED) is 0.0975. The van der Waals surface area contributed by atoms with Crippen LogP contribution in [0.2, 0.25) is 5.02 Å². The van der Waals surface area contributed by atoms with E-state index in [1.54, 1.807) is 30.9 Å². The molecule has 16 heteroatoms. The Kier molecular flexibility index (Phi) is 14.6. The fourth-order valence-electron chi connectivity index (χ4n) is 7.15. The number of likely N-dealkylation sites (tertiary alicyclic amines) is 1. The Morgan fingerprint density at radius 2 is 1.87 bits per heavy atom. The third-order valence-corrected chi connectivity index (χ3v) is 13.8. The number of aliphatic carboxylic acids is 1. The number of sulfonamides is 1. The molecule has 2 aromatic rings. The number of esters is 1. The van der Waals surface area contributed by atoms with Crippen LogP contribution in [-0.2, 0) is 41.4 Å². The summed E-state index contributed by atoms with van der Waals surface area (Å²) in [7, 11) is -3.89. The maximum Gasteiger partial charge on any atom is 0.326 e. The van der Waals surface area contributed by atoms with Gasteiger partial charge in [0.15, 0.2) is 0 Å². The van der Waals surface area contributed by atoms with Crippen LogP contribution in [0.15, 0.2) is 46.2 Å². The number of rotatable bonds is 17. The molecule has 52 heavy (non-hydrogen) atoms. The lowest BCUT2D eigenvalue weighted by atomic mass is 9.84. The van der Waals surface area contributed by atoms with Gasteiger partial charge in [-0.15, -0.1) is 0 Å². The van der Waals surface area contributed by atoms with Gasteiger partial charge in [0, 0.05) is 29.0 Å². The van der Waals surface area contributed by atoms with E-state index in [0.717, 1.165) is 66.7 Å². The molecule has 0 aromatic heterocycles. The first kappa shape index (κ1) is 40.7. The van der Waals surface area contributed by atoms with Crippen molar-refractivity contribution in [1.29, 1.82) is 0 Å². The van der Waals surface area contributed by atoms with E-state index in [4.69, 9.17) is 16.3 Å². The summed E-state index contributed by atoms with van der Waals surface area (Å²) in [6.45, 7) is 5.81. The predicted molar refractivity (Wildman–Crippen MR) is 206 cm³/mol. The average Bonchev–Trinajstić information content (AvgIpc) is 3.52. The minimum absolute atomic E-state index is 0.0186. The van der Waals surface area contributed by atoms with Gasteiger partial charge in [0.2, 0.25) is 15.9 Å². The molecule has 2 heterocycles. The normalized spacial score (nSPS) is 22.5. The highest BCUT2D eigenvalue weighted by atomic mass is 35.5. The highest BCUT2D eigenvalue weighted by Gasteiger charge is 2.48. The van der Waals surface area contributed by atoms with Gasteiger partial charge in [0.1, 0.15) is 17.0 Å². The maximum atomic E-state index is 13.7. The van der Waals surface area contributed by atoms with Gasteiger partial charge in [-0.05, 0) is 80.7 Å². The van der Waals surface area contributed by atoms with Crippen molar-refractivity contribution >= 4 is 68.9 Å². The molecule has 5 N–H and O–H groups in total. The second-order valence-electron chi connectivity index (χ2n) is 13.6. The zero-order valence-electron chi connectivity index (χ0n) is 29.9. The smallest absolute Gasteiger partial charge is 0.326 e. The molecule has 1 saturated heterocycles. The zero-order chi connectivity index (χ0) is 37.4. The molecule has 1 aliphatic carbocycles. The second-order valence-corrected chi connectivity index (χ2v) is 17.7. The highest BCUT2D eigenvalue weighted by molar-refractivity contribution is 7.98. The van der Waals surface area contributed by atoms with E-state index < -0.39 is 40.1 Å². The first-order chi connectivity index (χ1) is 24.9. The third-order valence-electron chi connectivity index (χ3n) is 9.87. The number of fused-ring (bicyclic) bond motifs is 2. The number of ether oxygens (including phenoxy) is 1. The van der Waals surface area contributed by atoms with Crippen molar-refractivity contribution in [3.63, 3.8) is 0 Å². The summed E-state index contributed by atoms with van der Waals surface area (Å²) in [6, 6.07) is 8.29. The fraction of sp³-hybridized carbons (Fsp3) is 0.583. The minimum Gasteiger partial charge on any atom is -0.480 e. The fourth-order valence-corrected chi connectivity index (χ4v) is 10.7. The minimum atomic E-state index is -3.89. The van der Waals surface area contributed by atoms with Gasteiger partial charge in [-0.25, -0.2) is 22.7 Å². The lowest BCUT2D eigenvalue weighted by molar-refractivity contribution is -0.151. The number of carboxylic acids is 1. The predicted octanol–water partition coefficient (Wildman–Crippen LogP) is 5.74. The highest BCUT2D eigenvalue weighted by Crippen LogP contribution is 2.40. The lowest BCUT2D eigenvalue weighted by Crippen LogP contribution is -2.56. The van der Waals surface area contributed by atoms with E-state index >= 15 is 0 Å². The van der Waals surface area contributed by atoms with Crippen molar-refractivity contribution < 1.29 is 32.6 Å². The maximum absolute atomic E-state index is 13.7. The van der Waals surface area contributed by atoms with Crippen LogP contribution in [0, 0.1) is 5.92 Å². The van der Waals surface area contributed by atoms with Gasteiger partial charge in [-0.1, -0.05) is 68.5 Å². The molecule has 2 aromatic carbocycles. The molecule has 0 bridgehead atoms. The van der Waals surface area contributed by atoms with E-state index in [1.807, 2.05) is 24.3 Å². The number of hydrogen-bond acceptors (Lipinski definition) is 11. The molecule has 6 atom stereocenters. The van der Waals surface area contributed by atoms with Gasteiger partial charge in [0.25, 0.3) is 0 Å². The Hall–Kier alpha value is -2.53. The Morgan fingerprint density at radius 1 is 1.13 bits per heavy atom. The average molecular weight is 796 g/mol. The van der Waals surface area contributed by atoms with E-state index in [-0.39, 0.29) is 47.1 Å². The van der Waals surface area contributed by atoms with Crippen molar-refractivity contribution in [2.45, 2.75) is 125 Å². The molecule has 1 saturated carbocycles. The molecule has 1 amide bonds. The number of benzene rings is 2. The van der Waals surface area contributed by atoms with Gasteiger partial charge < -0.3 is 20.1 Å². The molecule has 5 rings (SSSR count). The van der Waals surface area contributed by atoms with Crippen LogP contribution < -0.4 is 20.1 Å². The van der Waals surface area contributed by atoms with Crippen molar-refractivity contribution in [3.05, 3.63) is 52.5 Å². The molecule has 0 spiro atoms. The Bertz CT molecular complexity index is 1680. The number of anilines is 1. The number of unbranched alkanes of at least 4 members (excludes halogenated alkanes) is 1. The van der Waals surface area contributed by atoms with E-state index in [9.17, 15) is 27.9 Å². The summed E-state index contributed by atoms with van der Waals surface area (Å²) in [5, 5.41) is 16.6. The topological polar surface area (TPSA) is 166 Å². The van der Waals surface area contributed by atoms with Gasteiger partial charge >= 0.3 is 11.9 Å². The van der Waals surface area contributed by atoms with Crippen LogP contribution in [0.25, 0.3) is 0 Å². The zero-order valence-corrected chi connectivity index (χ0v) is 33.1. The largest absolute Gasteiger partial charge is 0.480 e. The summed E-state index contributed by atoms with van der Waals surface area (Å²) in [5.74, 6) is -0.668. The number of amides is 1. The summed E-state index contributed by atoms with van der Waals surface area (Å²) < 4.78 is 37.8. The number of carboxylic acid groups (broad SMARTS) is 1. The molecule has 2 aliphatic heterocycles. The Labute approximate surface area is 320 Å². The summed E-state index contributed by atoms with van der Waals surface area (Å²) in [5.41, 5.74) is 2.55. The summed E-state index contributed by atoms with van der Waals surface area (Å²) >= 11 is 9.35. The van der Waals surface area contributed by atoms with Crippen molar-refractivity contribution in [3.8, 4) is 0 Å². The number of carbonyl (C=O) groups excluding carboxylic acids is 2. The molecule has 12 nitrogen and oxygen atoms in total. The van der Waals surface area contributed by atoms with Crippen LogP contribution >= 0.6 is 35.3 Å². The first-order valence-corrected chi connectivity index (χ1v) is 21.9. The Morgan fingerprint density at radius 3 is 2.58 bits per heavy atom. The van der Waals surface area contributed by atoms with Crippen molar-refractivity contribution in [1.82, 2.24) is 19.7 Å². The van der Waals surface area contributed by atoms with E-state index in [2.05, 4.69) is 27.0 Å². The Balaban J connectivity index is 1.14. The van der Waals surface area contributed by atoms with Gasteiger partial charge in [0.05, 0.1) is 29.5 Å². The van der Waals surface area contributed by atoms with Crippen LogP contribution in [0.3, 0.4) is 0 Å². The molecular weight excluding hydrogens is 746 g/mol. The first-order valence-electron chi connectivity index (χ1n) is 18.1. The number of thioether (sulfide) groups is 1. The number of nitrogens with one attached hydrogen (secondary N) is 4. The molecule has 286 valence electrons. The number of carbonyl (C=O) groups is 3. The molecule has 3 aliphatic rings. The third kappa shape index (κ3) is 10.2. The summed E-state index contributed by atoms with van der Waals surface area (Å²) in [6.07, 6.45) is 7.40. The number of hydrogen-bond donors (Lipinski definition) is 5. The van der Waals surface area contributed by atoms with Crippen LogP contribution in [-0.4, -0.2) is 79.0 Å². The lowest BCUT2D eigenvalue weighted by Gasteiger charge is -2.35. The molecule has 0 radical (unpaired) electrons. The standard InChI is InChI=1S/C36H50ClN5O7S3/c1-4-6-11-33-40-27-17-26(37)32(18-31(27)51-41-33)52(47,48)38-19-23-12-14-24(15-13-23)20-50-21-28(36(46)49-5-2)39-22(3)34(43)42-29-10-8-7-9-25(29)16-30(42)35(44)45/h12-15,17-18,22,25,28-30,33,38-41H,4-11,16,19-21H2,1-3H3,(H,44,45)/t22?,25-,28?,29-,30+,33?/m1/s1. The van der Waals surface area contributed by atoms with Crippen molar-refractivity contribution in [2.75, 3.05) is 17.7 Å². The monoisotopic (exact) mass is 795 g/mol. The molecular formula is C36H50ClN5O7S3.